The molecule has 0 bridgehead atoms. The highest BCUT2D eigenvalue weighted by Crippen LogP contribution is 2.25. The molecule has 19 heavy (non-hydrogen) atoms. The number of carbonyl (C=O) groups excluding carboxylic acids is 1. The summed E-state index contributed by atoms with van der Waals surface area (Å²) in [6.45, 7) is -1.32. The monoisotopic (exact) mass is 285 g/mol. The van der Waals surface area contributed by atoms with E-state index in [2.05, 4.69) is 0 Å². The average molecular weight is 285 g/mol. The molecule has 0 saturated carbocycles. The summed E-state index contributed by atoms with van der Waals surface area (Å²) < 4.78 is 36.0. The lowest BCUT2D eigenvalue weighted by molar-refractivity contribution is -0.123. The fourth-order valence-corrected chi connectivity index (χ4v) is 2.34. The molecule has 1 N–H and O–H groups in total. The molecule has 1 heterocycles. The van der Waals surface area contributed by atoms with Gasteiger partial charge in [0.1, 0.15) is 6.54 Å². The molecule has 100 valence electrons. The summed E-state index contributed by atoms with van der Waals surface area (Å²) in [7, 11) is 0. The minimum atomic E-state index is -4.39. The van der Waals surface area contributed by atoms with Crippen LogP contribution in [-0.4, -0.2) is 18.6 Å². The van der Waals surface area contributed by atoms with Crippen LogP contribution in [0.25, 0.3) is 11.1 Å². The number of halogens is 3. The lowest BCUT2D eigenvalue weighted by Crippen LogP contribution is -2.33. The van der Waals surface area contributed by atoms with Gasteiger partial charge in [-0.2, -0.15) is 13.2 Å². The van der Waals surface area contributed by atoms with E-state index in [1.54, 1.807) is 11.4 Å². The van der Waals surface area contributed by atoms with Crippen molar-refractivity contribution in [3.8, 4) is 11.1 Å². The Labute approximate surface area is 111 Å². The van der Waals surface area contributed by atoms with Crippen LogP contribution < -0.4 is 5.32 Å². The quantitative estimate of drug-likeness (QED) is 0.915. The van der Waals surface area contributed by atoms with E-state index in [1.165, 1.54) is 0 Å². The first kappa shape index (κ1) is 13.6. The molecule has 0 aliphatic carbocycles. The van der Waals surface area contributed by atoms with Gasteiger partial charge in [0, 0.05) is 0 Å². The number of hydrogen-bond acceptors (Lipinski definition) is 2. The lowest BCUT2D eigenvalue weighted by Gasteiger charge is -2.06. The Hall–Kier alpha value is -1.82. The molecule has 0 radical (unpaired) electrons. The van der Waals surface area contributed by atoms with Crippen LogP contribution in [0.1, 0.15) is 9.67 Å². The van der Waals surface area contributed by atoms with Crippen molar-refractivity contribution in [2.24, 2.45) is 0 Å². The average Bonchev–Trinajstić information content (AvgIpc) is 2.86. The van der Waals surface area contributed by atoms with Gasteiger partial charge < -0.3 is 5.32 Å². The lowest BCUT2D eigenvalue weighted by atomic mass is 10.1. The zero-order valence-corrected chi connectivity index (χ0v) is 10.5. The van der Waals surface area contributed by atoms with E-state index < -0.39 is 18.6 Å². The number of alkyl halides is 3. The van der Waals surface area contributed by atoms with Crippen LogP contribution in [-0.2, 0) is 0 Å². The molecule has 2 aromatic rings. The second kappa shape index (κ2) is 5.44. The molecule has 0 unspecified atom stereocenters. The summed E-state index contributed by atoms with van der Waals surface area (Å²) in [4.78, 5) is 11.8. The first-order valence-corrected chi connectivity index (χ1v) is 6.32. The molecular weight excluding hydrogens is 275 g/mol. The van der Waals surface area contributed by atoms with Crippen molar-refractivity contribution in [3.63, 3.8) is 0 Å². The van der Waals surface area contributed by atoms with Crippen molar-refractivity contribution in [2.45, 2.75) is 6.18 Å². The van der Waals surface area contributed by atoms with E-state index in [4.69, 9.17) is 0 Å². The maximum Gasteiger partial charge on any atom is 0.405 e. The zero-order chi connectivity index (χ0) is 13.9. The van der Waals surface area contributed by atoms with Crippen LogP contribution in [0.4, 0.5) is 13.2 Å². The second-order valence-electron chi connectivity index (χ2n) is 3.86. The maximum atomic E-state index is 12.0. The Morgan fingerprint density at radius 3 is 2.47 bits per heavy atom. The van der Waals surface area contributed by atoms with Gasteiger partial charge >= 0.3 is 6.18 Å². The molecule has 1 amide bonds. The first-order valence-electron chi connectivity index (χ1n) is 5.44. The predicted octanol–water partition coefficient (Wildman–Crippen LogP) is 3.71. The number of hydrogen-bond donors (Lipinski definition) is 1. The van der Waals surface area contributed by atoms with E-state index in [0.717, 1.165) is 22.5 Å². The summed E-state index contributed by atoms with van der Waals surface area (Å²) in [5, 5.41) is 3.60. The van der Waals surface area contributed by atoms with Crippen LogP contribution in [0.15, 0.2) is 41.8 Å². The standard InChI is InChI=1S/C13H10F3NOS/c14-13(15,16)8-17-12(18)11-6-10(7-19-11)9-4-2-1-3-5-9/h1-7H,8H2,(H,17,18). The highest BCUT2D eigenvalue weighted by molar-refractivity contribution is 7.12. The molecule has 1 aromatic carbocycles. The van der Waals surface area contributed by atoms with Crippen LogP contribution in [0.3, 0.4) is 0 Å². The van der Waals surface area contributed by atoms with E-state index in [1.807, 2.05) is 35.6 Å². The van der Waals surface area contributed by atoms with Crippen molar-refractivity contribution in [2.75, 3.05) is 6.54 Å². The highest BCUT2D eigenvalue weighted by atomic mass is 32.1. The number of nitrogens with one attached hydrogen (secondary N) is 1. The number of amides is 1. The van der Waals surface area contributed by atoms with E-state index in [-0.39, 0.29) is 4.88 Å². The van der Waals surface area contributed by atoms with Crippen molar-refractivity contribution >= 4 is 17.2 Å². The SMILES string of the molecule is O=C(NCC(F)(F)F)c1cc(-c2ccccc2)cs1. The Bertz CT molecular complexity index is 563. The minimum absolute atomic E-state index is 0.267. The molecule has 0 saturated heterocycles. The number of rotatable bonds is 3. The molecule has 1 aromatic heterocycles. The second-order valence-corrected chi connectivity index (χ2v) is 4.77. The van der Waals surface area contributed by atoms with Gasteiger partial charge in [-0.25, -0.2) is 0 Å². The van der Waals surface area contributed by atoms with Crippen LogP contribution >= 0.6 is 11.3 Å². The van der Waals surface area contributed by atoms with Gasteiger partial charge in [-0.1, -0.05) is 30.3 Å². The molecule has 0 aliphatic rings. The van der Waals surface area contributed by atoms with Gasteiger partial charge in [0.25, 0.3) is 5.91 Å². The zero-order valence-electron chi connectivity index (χ0n) is 9.70. The molecule has 0 atom stereocenters. The van der Waals surface area contributed by atoms with Crippen LogP contribution in [0.2, 0.25) is 0 Å². The van der Waals surface area contributed by atoms with Crippen LogP contribution in [0.5, 0.6) is 0 Å². The largest absolute Gasteiger partial charge is 0.405 e. The van der Waals surface area contributed by atoms with Gasteiger partial charge in [0.2, 0.25) is 0 Å². The summed E-state index contributed by atoms with van der Waals surface area (Å²) >= 11 is 1.12. The summed E-state index contributed by atoms with van der Waals surface area (Å²) in [6, 6.07) is 10.9. The third kappa shape index (κ3) is 3.82. The van der Waals surface area contributed by atoms with Crippen molar-refractivity contribution in [1.82, 2.24) is 5.32 Å². The van der Waals surface area contributed by atoms with Gasteiger partial charge in [0.05, 0.1) is 4.88 Å². The maximum absolute atomic E-state index is 12.0. The van der Waals surface area contributed by atoms with Crippen molar-refractivity contribution < 1.29 is 18.0 Å². The predicted molar refractivity (Wildman–Crippen MR) is 68.1 cm³/mol. The van der Waals surface area contributed by atoms with Crippen molar-refractivity contribution in [3.05, 3.63) is 46.7 Å². The van der Waals surface area contributed by atoms with Gasteiger partial charge in [0.15, 0.2) is 0 Å². The smallest absolute Gasteiger partial charge is 0.342 e. The highest BCUT2D eigenvalue weighted by Gasteiger charge is 2.28. The number of carbonyl (C=O) groups is 1. The Balaban J connectivity index is 2.07. The van der Waals surface area contributed by atoms with E-state index >= 15 is 0 Å². The Morgan fingerprint density at radius 1 is 1.16 bits per heavy atom. The first-order chi connectivity index (χ1) is 8.96. The third-order valence-electron chi connectivity index (χ3n) is 2.38. The molecule has 2 nitrogen and oxygen atoms in total. The number of thiophene rings is 1. The molecule has 0 fully saturated rings. The molecule has 0 aliphatic heterocycles. The molecule has 6 heteroatoms. The minimum Gasteiger partial charge on any atom is -0.342 e. The molecule has 2 rings (SSSR count). The summed E-state index contributed by atoms with van der Waals surface area (Å²) in [5.74, 6) is -0.704. The van der Waals surface area contributed by atoms with Gasteiger partial charge in [-0.15, -0.1) is 11.3 Å². The topological polar surface area (TPSA) is 29.1 Å². The fraction of sp³-hybridized carbons (Fsp3) is 0.154. The normalized spacial score (nSPS) is 11.3. The molecular formula is C13H10F3NOS. The Kier molecular flexibility index (Phi) is 3.90. The summed E-state index contributed by atoms with van der Waals surface area (Å²) in [5.41, 5.74) is 1.75. The Morgan fingerprint density at radius 2 is 1.84 bits per heavy atom. The third-order valence-corrected chi connectivity index (χ3v) is 3.31. The van der Waals surface area contributed by atoms with Gasteiger partial charge in [-0.05, 0) is 22.6 Å². The summed E-state index contributed by atoms with van der Waals surface area (Å²) in [6.07, 6.45) is -4.39. The molecule has 0 spiro atoms. The van der Waals surface area contributed by atoms with Crippen molar-refractivity contribution in [1.29, 1.82) is 0 Å². The fourth-order valence-electron chi connectivity index (χ4n) is 1.50. The van der Waals surface area contributed by atoms with E-state index in [0.29, 0.717) is 0 Å². The van der Waals surface area contributed by atoms with Gasteiger partial charge in [-0.3, -0.25) is 4.79 Å². The van der Waals surface area contributed by atoms with E-state index in [9.17, 15) is 18.0 Å². The number of benzene rings is 1. The van der Waals surface area contributed by atoms with Crippen LogP contribution in [0, 0.1) is 0 Å².